The Bertz CT molecular complexity index is 467. The maximum Gasteiger partial charge on any atom is 0.145 e. The Morgan fingerprint density at radius 1 is 1.38 bits per heavy atom. The van der Waals surface area contributed by atoms with Gasteiger partial charge in [-0.1, -0.05) is 12.1 Å². The lowest BCUT2D eigenvalue weighted by Gasteiger charge is -2.09. The van der Waals surface area contributed by atoms with Gasteiger partial charge in [-0.25, -0.2) is 4.98 Å². The maximum atomic E-state index is 4.17. The van der Waals surface area contributed by atoms with Crippen molar-refractivity contribution in [1.29, 1.82) is 0 Å². The molecule has 0 atom stereocenters. The Kier molecular flexibility index (Phi) is 3.46. The third-order valence-electron chi connectivity index (χ3n) is 2.35. The van der Waals surface area contributed by atoms with Gasteiger partial charge in [0, 0.05) is 17.6 Å². The summed E-state index contributed by atoms with van der Waals surface area (Å²) in [5.74, 6) is 0.927. The summed E-state index contributed by atoms with van der Waals surface area (Å²) < 4.78 is 1.77. The number of nitrogens with zero attached hydrogens (tertiary/aromatic N) is 3. The number of para-hydroxylation sites is 1. The Morgan fingerprint density at radius 3 is 2.88 bits per heavy atom. The van der Waals surface area contributed by atoms with Crippen LogP contribution in [0.5, 0.6) is 0 Å². The van der Waals surface area contributed by atoms with Gasteiger partial charge >= 0.3 is 0 Å². The summed E-state index contributed by atoms with van der Waals surface area (Å²) in [6, 6.07) is 8.24. The number of nitrogens with one attached hydrogen (secondary N) is 1. The van der Waals surface area contributed by atoms with Crippen molar-refractivity contribution in [2.45, 2.75) is 11.4 Å². The molecule has 1 aromatic carbocycles. The Morgan fingerprint density at radius 2 is 2.19 bits per heavy atom. The molecule has 0 spiro atoms. The molecule has 0 aliphatic rings. The molecule has 84 valence electrons. The first kappa shape index (κ1) is 11.0. The van der Waals surface area contributed by atoms with Gasteiger partial charge in [-0.15, -0.1) is 11.8 Å². The molecule has 0 bridgehead atoms. The van der Waals surface area contributed by atoms with Crippen LogP contribution in [0.2, 0.25) is 0 Å². The van der Waals surface area contributed by atoms with Crippen molar-refractivity contribution in [3.8, 4) is 0 Å². The van der Waals surface area contributed by atoms with Gasteiger partial charge in [-0.3, -0.25) is 4.68 Å². The van der Waals surface area contributed by atoms with Crippen molar-refractivity contribution < 1.29 is 0 Å². The van der Waals surface area contributed by atoms with E-state index in [4.69, 9.17) is 0 Å². The Hall–Kier alpha value is -1.49. The number of aromatic nitrogens is 3. The van der Waals surface area contributed by atoms with E-state index in [9.17, 15) is 0 Å². The molecule has 2 aromatic rings. The van der Waals surface area contributed by atoms with E-state index < -0.39 is 0 Å². The summed E-state index contributed by atoms with van der Waals surface area (Å²) >= 11 is 1.73. The predicted molar refractivity (Wildman–Crippen MR) is 66.6 cm³/mol. The molecule has 0 amide bonds. The van der Waals surface area contributed by atoms with Crippen molar-refractivity contribution in [2.24, 2.45) is 7.05 Å². The molecule has 0 aliphatic carbocycles. The summed E-state index contributed by atoms with van der Waals surface area (Å²) in [6.07, 6.45) is 3.64. The Balaban J connectivity index is 2.07. The first-order valence-corrected chi connectivity index (χ1v) is 6.23. The lowest BCUT2D eigenvalue weighted by atomic mass is 10.3. The fourth-order valence-corrected chi connectivity index (χ4v) is 2.02. The molecule has 4 nitrogen and oxygen atoms in total. The van der Waals surface area contributed by atoms with Crippen molar-refractivity contribution in [3.63, 3.8) is 0 Å². The highest BCUT2D eigenvalue weighted by Gasteiger charge is 2.02. The monoisotopic (exact) mass is 234 g/mol. The SMILES string of the molecule is CSc1ccccc1NCc1ncnn1C. The molecule has 1 aromatic heterocycles. The summed E-state index contributed by atoms with van der Waals surface area (Å²) in [4.78, 5) is 5.41. The van der Waals surface area contributed by atoms with E-state index >= 15 is 0 Å². The molecule has 16 heavy (non-hydrogen) atoms. The van der Waals surface area contributed by atoms with E-state index in [-0.39, 0.29) is 0 Å². The zero-order valence-electron chi connectivity index (χ0n) is 9.34. The maximum absolute atomic E-state index is 4.17. The minimum absolute atomic E-state index is 0.689. The van der Waals surface area contributed by atoms with Crippen LogP contribution in [0.3, 0.4) is 0 Å². The molecule has 1 heterocycles. The highest BCUT2D eigenvalue weighted by Crippen LogP contribution is 2.24. The normalized spacial score (nSPS) is 10.4. The molecule has 1 N–H and O–H groups in total. The van der Waals surface area contributed by atoms with E-state index in [0.717, 1.165) is 11.5 Å². The largest absolute Gasteiger partial charge is 0.377 e. The van der Waals surface area contributed by atoms with Crippen LogP contribution in [0.15, 0.2) is 35.5 Å². The van der Waals surface area contributed by atoms with Crippen LogP contribution < -0.4 is 5.32 Å². The number of aryl methyl sites for hydroxylation is 1. The van der Waals surface area contributed by atoms with Crippen molar-refractivity contribution in [2.75, 3.05) is 11.6 Å². The number of rotatable bonds is 4. The topological polar surface area (TPSA) is 42.7 Å². The second-order valence-corrected chi connectivity index (χ2v) is 4.20. The van der Waals surface area contributed by atoms with Gasteiger partial charge in [-0.2, -0.15) is 5.10 Å². The second-order valence-electron chi connectivity index (χ2n) is 3.35. The van der Waals surface area contributed by atoms with Crippen LogP contribution >= 0.6 is 11.8 Å². The van der Waals surface area contributed by atoms with Gasteiger partial charge in [0.2, 0.25) is 0 Å². The number of hydrogen-bond donors (Lipinski definition) is 1. The minimum Gasteiger partial charge on any atom is -0.377 e. The zero-order valence-corrected chi connectivity index (χ0v) is 10.2. The Labute approximate surface area is 99.1 Å². The molecule has 2 rings (SSSR count). The first-order valence-electron chi connectivity index (χ1n) is 5.01. The summed E-state index contributed by atoms with van der Waals surface area (Å²) in [7, 11) is 1.89. The molecule has 0 unspecified atom stereocenters. The molecule has 5 heteroatoms. The molecular weight excluding hydrogens is 220 g/mol. The lowest BCUT2D eigenvalue weighted by Crippen LogP contribution is -2.07. The zero-order chi connectivity index (χ0) is 11.4. The van der Waals surface area contributed by atoms with Gasteiger partial charge in [0.25, 0.3) is 0 Å². The van der Waals surface area contributed by atoms with Crippen LogP contribution in [-0.2, 0) is 13.6 Å². The fourth-order valence-electron chi connectivity index (χ4n) is 1.45. The minimum atomic E-state index is 0.689. The van der Waals surface area contributed by atoms with Crippen LogP contribution in [0.1, 0.15) is 5.82 Å². The van der Waals surface area contributed by atoms with Crippen molar-refractivity contribution in [3.05, 3.63) is 36.4 Å². The van der Waals surface area contributed by atoms with Crippen LogP contribution in [0, 0.1) is 0 Å². The average molecular weight is 234 g/mol. The van der Waals surface area contributed by atoms with Gasteiger partial charge in [0.05, 0.1) is 6.54 Å². The second kappa shape index (κ2) is 5.03. The van der Waals surface area contributed by atoms with Gasteiger partial charge < -0.3 is 5.32 Å². The molecular formula is C11H14N4S. The van der Waals surface area contributed by atoms with Crippen LogP contribution in [0.25, 0.3) is 0 Å². The van der Waals surface area contributed by atoms with Gasteiger partial charge in [-0.05, 0) is 18.4 Å². The van der Waals surface area contributed by atoms with Gasteiger partial charge in [0.15, 0.2) is 0 Å². The number of thioether (sulfide) groups is 1. The first-order chi connectivity index (χ1) is 7.81. The highest BCUT2D eigenvalue weighted by atomic mass is 32.2. The lowest BCUT2D eigenvalue weighted by molar-refractivity contribution is 0.711. The highest BCUT2D eigenvalue weighted by molar-refractivity contribution is 7.98. The quantitative estimate of drug-likeness (QED) is 0.823. The number of benzene rings is 1. The van der Waals surface area contributed by atoms with E-state index in [2.05, 4.69) is 33.8 Å². The predicted octanol–water partition coefficient (Wildman–Crippen LogP) is 2.15. The molecule has 0 saturated heterocycles. The summed E-state index contributed by atoms with van der Waals surface area (Å²) in [6.45, 7) is 0.689. The third-order valence-corrected chi connectivity index (χ3v) is 3.14. The summed E-state index contributed by atoms with van der Waals surface area (Å²) in [5.41, 5.74) is 1.14. The van der Waals surface area contributed by atoms with E-state index in [1.165, 1.54) is 4.90 Å². The average Bonchev–Trinajstić information content (AvgIpc) is 2.72. The summed E-state index contributed by atoms with van der Waals surface area (Å²) in [5, 5.41) is 7.40. The van der Waals surface area contributed by atoms with Crippen LogP contribution in [0.4, 0.5) is 5.69 Å². The number of hydrogen-bond acceptors (Lipinski definition) is 4. The van der Waals surface area contributed by atoms with Crippen molar-refractivity contribution in [1.82, 2.24) is 14.8 Å². The molecule has 0 radical (unpaired) electrons. The third kappa shape index (κ3) is 2.36. The number of anilines is 1. The van der Waals surface area contributed by atoms with E-state index in [1.807, 2.05) is 19.2 Å². The fraction of sp³-hybridized carbons (Fsp3) is 0.273. The standard InChI is InChI=1S/C11H14N4S/c1-15-11(13-8-14-15)7-12-9-5-3-4-6-10(9)16-2/h3-6,8,12H,7H2,1-2H3. The van der Waals surface area contributed by atoms with Crippen molar-refractivity contribution >= 4 is 17.4 Å². The smallest absolute Gasteiger partial charge is 0.145 e. The van der Waals surface area contributed by atoms with E-state index in [0.29, 0.717) is 6.54 Å². The molecule has 0 saturated carbocycles. The molecule has 0 aliphatic heterocycles. The van der Waals surface area contributed by atoms with Crippen LogP contribution in [-0.4, -0.2) is 21.0 Å². The van der Waals surface area contributed by atoms with E-state index in [1.54, 1.807) is 22.8 Å². The molecule has 0 fully saturated rings. The van der Waals surface area contributed by atoms with Gasteiger partial charge in [0.1, 0.15) is 12.2 Å².